The summed E-state index contributed by atoms with van der Waals surface area (Å²) in [5.41, 5.74) is -0.585. The number of benzene rings is 1. The molecule has 5 heteroatoms. The smallest absolute Gasteiger partial charge is 0.343 e. The molecule has 0 spiro atoms. The molecular formula is C17H26FNO2S. The quantitative estimate of drug-likeness (QED) is 0.606. The average molecular weight is 327 g/mol. The SMILES string of the molecule is CC.CCOC(=O)C1(F)CCN(Sc2ccc(C)cc2)CC1. The van der Waals surface area contributed by atoms with E-state index in [1.54, 1.807) is 18.9 Å². The number of aryl methyl sites for hydroxylation is 1. The molecule has 2 rings (SSSR count). The number of halogens is 1. The number of hydrogen-bond donors (Lipinski definition) is 0. The van der Waals surface area contributed by atoms with Gasteiger partial charge in [-0.15, -0.1) is 0 Å². The van der Waals surface area contributed by atoms with Crippen LogP contribution in [0.1, 0.15) is 39.2 Å². The fraction of sp³-hybridized carbons (Fsp3) is 0.588. The van der Waals surface area contributed by atoms with Gasteiger partial charge in [-0.2, -0.15) is 0 Å². The molecule has 0 bridgehead atoms. The van der Waals surface area contributed by atoms with E-state index >= 15 is 0 Å². The molecule has 0 saturated carbocycles. The molecule has 22 heavy (non-hydrogen) atoms. The summed E-state index contributed by atoms with van der Waals surface area (Å²) in [6.07, 6.45) is 0.398. The molecule has 0 radical (unpaired) electrons. The van der Waals surface area contributed by atoms with Crippen LogP contribution in [-0.4, -0.2) is 35.6 Å². The Balaban J connectivity index is 0.00000116. The number of piperidine rings is 1. The van der Waals surface area contributed by atoms with Crippen LogP contribution in [0.25, 0.3) is 0 Å². The summed E-state index contributed by atoms with van der Waals surface area (Å²) in [5.74, 6) is -0.708. The summed E-state index contributed by atoms with van der Waals surface area (Å²) in [6, 6.07) is 8.24. The van der Waals surface area contributed by atoms with E-state index in [4.69, 9.17) is 4.74 Å². The van der Waals surface area contributed by atoms with Crippen molar-refractivity contribution in [2.45, 2.75) is 51.1 Å². The van der Waals surface area contributed by atoms with Gasteiger partial charge in [0.15, 0.2) is 0 Å². The highest BCUT2D eigenvalue weighted by Gasteiger charge is 2.43. The van der Waals surface area contributed by atoms with E-state index in [9.17, 15) is 9.18 Å². The third-order valence-electron chi connectivity index (χ3n) is 3.41. The van der Waals surface area contributed by atoms with E-state index in [1.165, 1.54) is 5.56 Å². The molecule has 0 aliphatic carbocycles. The van der Waals surface area contributed by atoms with Crippen molar-refractivity contribution < 1.29 is 13.9 Å². The van der Waals surface area contributed by atoms with Crippen LogP contribution < -0.4 is 0 Å². The predicted molar refractivity (Wildman–Crippen MR) is 89.7 cm³/mol. The van der Waals surface area contributed by atoms with Gasteiger partial charge in [-0.3, -0.25) is 0 Å². The Kier molecular flexibility index (Phi) is 7.90. The highest BCUT2D eigenvalue weighted by molar-refractivity contribution is 7.97. The molecular weight excluding hydrogens is 301 g/mol. The number of rotatable bonds is 4. The lowest BCUT2D eigenvalue weighted by Gasteiger charge is -2.33. The molecule has 1 fully saturated rings. The molecule has 0 unspecified atom stereocenters. The van der Waals surface area contributed by atoms with E-state index in [0.717, 1.165) is 4.90 Å². The third-order valence-corrected chi connectivity index (χ3v) is 4.52. The topological polar surface area (TPSA) is 29.5 Å². The van der Waals surface area contributed by atoms with Gasteiger partial charge in [0.2, 0.25) is 5.67 Å². The molecule has 1 aromatic rings. The summed E-state index contributed by atoms with van der Waals surface area (Å²) in [7, 11) is 0. The Morgan fingerprint density at radius 2 is 1.82 bits per heavy atom. The second-order valence-electron chi connectivity index (χ2n) is 5.02. The van der Waals surface area contributed by atoms with Crippen molar-refractivity contribution in [2.75, 3.05) is 19.7 Å². The molecule has 1 aromatic carbocycles. The largest absolute Gasteiger partial charge is 0.464 e. The molecule has 1 aliphatic rings. The van der Waals surface area contributed by atoms with Crippen molar-refractivity contribution in [3.05, 3.63) is 29.8 Å². The number of hydrogen-bond acceptors (Lipinski definition) is 4. The van der Waals surface area contributed by atoms with Gasteiger partial charge in [0, 0.05) is 30.8 Å². The standard InChI is InChI=1S/C15H20FNO2S.C2H6/c1-3-19-14(18)15(16)8-10-17(11-9-15)20-13-6-4-12(2)5-7-13;1-2/h4-7H,3,8-11H2,1-2H3;1-2H3. The zero-order chi connectivity index (χ0) is 16.6. The van der Waals surface area contributed by atoms with Gasteiger partial charge in [0.1, 0.15) is 0 Å². The number of esters is 1. The van der Waals surface area contributed by atoms with Gasteiger partial charge in [-0.25, -0.2) is 13.5 Å². The minimum absolute atomic E-state index is 0.199. The number of carbonyl (C=O) groups excluding carboxylic acids is 1. The van der Waals surface area contributed by atoms with Crippen LogP contribution in [0.3, 0.4) is 0 Å². The van der Waals surface area contributed by atoms with Gasteiger partial charge in [0.25, 0.3) is 0 Å². The lowest BCUT2D eigenvalue weighted by Crippen LogP contribution is -2.45. The fourth-order valence-electron chi connectivity index (χ4n) is 2.14. The molecule has 3 nitrogen and oxygen atoms in total. The van der Waals surface area contributed by atoms with Crippen LogP contribution in [0.5, 0.6) is 0 Å². The van der Waals surface area contributed by atoms with Crippen LogP contribution in [0.2, 0.25) is 0 Å². The highest BCUT2D eigenvalue weighted by Crippen LogP contribution is 2.33. The minimum Gasteiger partial charge on any atom is -0.464 e. The maximum absolute atomic E-state index is 14.4. The Morgan fingerprint density at radius 3 is 2.32 bits per heavy atom. The summed E-state index contributed by atoms with van der Waals surface area (Å²) >= 11 is 1.61. The molecule has 0 aromatic heterocycles. The first-order valence-electron chi connectivity index (χ1n) is 7.89. The first kappa shape index (κ1) is 19.0. The van der Waals surface area contributed by atoms with E-state index < -0.39 is 11.6 Å². The van der Waals surface area contributed by atoms with Crippen LogP contribution in [0.4, 0.5) is 4.39 Å². The van der Waals surface area contributed by atoms with E-state index in [2.05, 4.69) is 28.6 Å². The zero-order valence-electron chi connectivity index (χ0n) is 13.9. The monoisotopic (exact) mass is 327 g/mol. The van der Waals surface area contributed by atoms with Crippen LogP contribution in [0, 0.1) is 6.92 Å². The number of nitrogens with zero attached hydrogens (tertiary/aromatic N) is 1. The van der Waals surface area contributed by atoms with E-state index in [1.807, 2.05) is 20.8 Å². The number of alkyl halides is 1. The maximum Gasteiger partial charge on any atom is 0.343 e. The van der Waals surface area contributed by atoms with Gasteiger partial charge < -0.3 is 4.74 Å². The Hall–Kier alpha value is -1.07. The fourth-order valence-corrected chi connectivity index (χ4v) is 3.07. The Labute approximate surface area is 137 Å². The van der Waals surface area contributed by atoms with Gasteiger partial charge in [-0.1, -0.05) is 31.5 Å². The second-order valence-corrected chi connectivity index (χ2v) is 6.19. The average Bonchev–Trinajstić information content (AvgIpc) is 2.54. The van der Waals surface area contributed by atoms with Gasteiger partial charge >= 0.3 is 5.97 Å². The maximum atomic E-state index is 14.4. The first-order chi connectivity index (χ1) is 10.5. The minimum atomic E-state index is -1.81. The van der Waals surface area contributed by atoms with Crippen molar-refractivity contribution in [1.82, 2.24) is 4.31 Å². The highest BCUT2D eigenvalue weighted by atomic mass is 32.2. The Morgan fingerprint density at radius 1 is 1.27 bits per heavy atom. The van der Waals surface area contributed by atoms with Crippen molar-refractivity contribution in [3.63, 3.8) is 0 Å². The van der Waals surface area contributed by atoms with Crippen LogP contribution in [-0.2, 0) is 9.53 Å². The summed E-state index contributed by atoms with van der Waals surface area (Å²) in [6.45, 7) is 9.07. The molecule has 1 aliphatic heterocycles. The van der Waals surface area contributed by atoms with E-state index in [-0.39, 0.29) is 19.4 Å². The predicted octanol–water partition coefficient (Wildman–Crippen LogP) is 4.40. The number of ether oxygens (including phenoxy) is 1. The van der Waals surface area contributed by atoms with Gasteiger partial charge in [-0.05, 0) is 37.9 Å². The van der Waals surface area contributed by atoms with Crippen LogP contribution in [0.15, 0.2) is 29.2 Å². The molecule has 0 N–H and O–H groups in total. The summed E-state index contributed by atoms with van der Waals surface area (Å²) < 4.78 is 21.3. The van der Waals surface area contributed by atoms with Crippen molar-refractivity contribution in [1.29, 1.82) is 0 Å². The van der Waals surface area contributed by atoms with Crippen molar-refractivity contribution >= 4 is 17.9 Å². The lowest BCUT2D eigenvalue weighted by atomic mass is 9.95. The summed E-state index contributed by atoms with van der Waals surface area (Å²) in [5, 5.41) is 0. The van der Waals surface area contributed by atoms with Crippen molar-refractivity contribution in [3.8, 4) is 0 Å². The van der Waals surface area contributed by atoms with E-state index in [0.29, 0.717) is 13.1 Å². The summed E-state index contributed by atoms with van der Waals surface area (Å²) in [4.78, 5) is 12.7. The zero-order valence-corrected chi connectivity index (χ0v) is 14.7. The Bertz CT molecular complexity index is 456. The first-order valence-corrected chi connectivity index (χ1v) is 8.66. The third kappa shape index (κ3) is 5.29. The molecule has 0 amide bonds. The molecule has 124 valence electrons. The van der Waals surface area contributed by atoms with Gasteiger partial charge in [0.05, 0.1) is 6.61 Å². The van der Waals surface area contributed by atoms with Crippen molar-refractivity contribution in [2.24, 2.45) is 0 Å². The number of carbonyl (C=O) groups is 1. The van der Waals surface area contributed by atoms with Crippen LogP contribution >= 0.6 is 11.9 Å². The molecule has 1 heterocycles. The normalized spacial score (nSPS) is 17.3. The lowest BCUT2D eigenvalue weighted by molar-refractivity contribution is -0.159. The molecule has 0 atom stereocenters. The molecule has 1 saturated heterocycles. The second kappa shape index (κ2) is 9.16.